The predicted molar refractivity (Wildman–Crippen MR) is 63.1 cm³/mol. The zero-order valence-corrected chi connectivity index (χ0v) is 9.93. The second kappa shape index (κ2) is 4.02. The Morgan fingerprint density at radius 2 is 2.12 bits per heavy atom. The third-order valence-corrected chi connectivity index (χ3v) is 4.48. The van der Waals surface area contributed by atoms with E-state index in [1.54, 1.807) is 0 Å². The summed E-state index contributed by atoms with van der Waals surface area (Å²) < 4.78 is 0. The van der Waals surface area contributed by atoms with E-state index in [2.05, 4.69) is 10.6 Å². The first-order chi connectivity index (χ1) is 7.76. The molecule has 0 aromatic heterocycles. The number of rotatable bonds is 3. The number of piperidine rings is 1. The van der Waals surface area contributed by atoms with Crippen LogP contribution in [0.5, 0.6) is 0 Å². The van der Waals surface area contributed by atoms with Crippen LogP contribution in [-0.2, 0) is 4.79 Å². The fraction of sp³-hybridized carbons (Fsp3) is 0.923. The molecule has 16 heavy (non-hydrogen) atoms. The Morgan fingerprint density at radius 3 is 2.75 bits per heavy atom. The Kier molecular flexibility index (Phi) is 2.66. The van der Waals surface area contributed by atoms with Crippen LogP contribution in [0.3, 0.4) is 0 Å². The van der Waals surface area contributed by atoms with Crippen LogP contribution in [0.2, 0.25) is 0 Å². The molecule has 1 heterocycles. The van der Waals surface area contributed by atoms with Gasteiger partial charge in [-0.3, -0.25) is 4.79 Å². The molecule has 0 aromatic rings. The second-order valence-corrected chi connectivity index (χ2v) is 5.97. The van der Waals surface area contributed by atoms with Gasteiger partial charge >= 0.3 is 0 Å². The monoisotopic (exact) mass is 222 g/mol. The summed E-state index contributed by atoms with van der Waals surface area (Å²) in [5, 5.41) is 6.87. The molecule has 1 saturated heterocycles. The topological polar surface area (TPSA) is 41.1 Å². The van der Waals surface area contributed by atoms with Crippen LogP contribution in [0, 0.1) is 5.92 Å². The molecule has 1 spiro atoms. The van der Waals surface area contributed by atoms with E-state index in [4.69, 9.17) is 0 Å². The minimum Gasteiger partial charge on any atom is -0.353 e. The second-order valence-electron chi connectivity index (χ2n) is 5.97. The summed E-state index contributed by atoms with van der Waals surface area (Å²) in [6.07, 6.45) is 9.55. The van der Waals surface area contributed by atoms with Crippen molar-refractivity contribution >= 4 is 5.91 Å². The van der Waals surface area contributed by atoms with Gasteiger partial charge in [-0.2, -0.15) is 0 Å². The predicted octanol–water partition coefficient (Wildman–Crippen LogP) is 1.58. The molecule has 0 bridgehead atoms. The highest BCUT2D eigenvalue weighted by atomic mass is 16.1. The van der Waals surface area contributed by atoms with Crippen LogP contribution in [0.15, 0.2) is 0 Å². The van der Waals surface area contributed by atoms with E-state index in [0.29, 0.717) is 23.4 Å². The molecule has 0 radical (unpaired) electrons. The average molecular weight is 222 g/mol. The van der Waals surface area contributed by atoms with Gasteiger partial charge in [-0.05, 0) is 57.4 Å². The Labute approximate surface area is 97.4 Å². The minimum absolute atomic E-state index is 0.295. The first-order valence-corrected chi connectivity index (χ1v) is 6.80. The van der Waals surface area contributed by atoms with Crippen molar-refractivity contribution in [1.29, 1.82) is 0 Å². The maximum atomic E-state index is 11.7. The third-order valence-electron chi connectivity index (χ3n) is 4.48. The zero-order valence-electron chi connectivity index (χ0n) is 9.93. The van der Waals surface area contributed by atoms with Crippen molar-refractivity contribution in [3.05, 3.63) is 0 Å². The van der Waals surface area contributed by atoms with Gasteiger partial charge < -0.3 is 10.6 Å². The van der Waals surface area contributed by atoms with Gasteiger partial charge in [-0.1, -0.05) is 0 Å². The number of amides is 1. The Bertz CT molecular complexity index is 282. The summed E-state index contributed by atoms with van der Waals surface area (Å²) in [5.74, 6) is 1.00. The molecule has 2 N–H and O–H groups in total. The van der Waals surface area contributed by atoms with Crippen LogP contribution in [0.25, 0.3) is 0 Å². The maximum Gasteiger partial charge on any atom is 0.220 e. The maximum absolute atomic E-state index is 11.7. The molecular weight excluding hydrogens is 200 g/mol. The lowest BCUT2D eigenvalue weighted by atomic mass is 9.70. The highest BCUT2D eigenvalue weighted by molar-refractivity contribution is 5.76. The molecule has 3 nitrogen and oxygen atoms in total. The van der Waals surface area contributed by atoms with Crippen LogP contribution in [-0.4, -0.2) is 24.0 Å². The molecule has 2 aliphatic carbocycles. The standard InChI is InChI=1S/C13H22N2O/c16-12(8-10-2-3-10)15-11-4-7-14-13(9-11)5-1-6-13/h10-11,14H,1-9H2,(H,15,16). The number of hydrogen-bond acceptors (Lipinski definition) is 2. The van der Waals surface area contributed by atoms with Crippen molar-refractivity contribution < 1.29 is 4.79 Å². The quantitative estimate of drug-likeness (QED) is 0.761. The highest BCUT2D eigenvalue weighted by Crippen LogP contribution is 2.38. The first-order valence-electron chi connectivity index (χ1n) is 6.80. The van der Waals surface area contributed by atoms with E-state index in [0.717, 1.165) is 25.8 Å². The van der Waals surface area contributed by atoms with E-state index < -0.39 is 0 Å². The van der Waals surface area contributed by atoms with E-state index in [9.17, 15) is 4.79 Å². The van der Waals surface area contributed by atoms with E-state index in [1.807, 2.05) is 0 Å². The largest absolute Gasteiger partial charge is 0.353 e. The van der Waals surface area contributed by atoms with Crippen molar-refractivity contribution in [3.63, 3.8) is 0 Å². The summed E-state index contributed by atoms with van der Waals surface area (Å²) in [7, 11) is 0. The summed E-state index contributed by atoms with van der Waals surface area (Å²) in [5.41, 5.74) is 0.399. The van der Waals surface area contributed by atoms with Gasteiger partial charge in [0, 0.05) is 18.0 Å². The zero-order chi connectivity index (χ0) is 11.0. The number of nitrogens with one attached hydrogen (secondary N) is 2. The van der Waals surface area contributed by atoms with Crippen LogP contribution >= 0.6 is 0 Å². The fourth-order valence-electron chi connectivity index (χ4n) is 3.14. The molecule has 1 unspecified atom stereocenters. The van der Waals surface area contributed by atoms with Crippen molar-refractivity contribution in [2.24, 2.45) is 5.92 Å². The Hall–Kier alpha value is -0.570. The molecular formula is C13H22N2O. The summed E-state index contributed by atoms with van der Waals surface area (Å²) in [6, 6.07) is 0.438. The molecule has 3 heteroatoms. The van der Waals surface area contributed by atoms with E-state index in [1.165, 1.54) is 32.1 Å². The SMILES string of the molecule is O=C(CC1CC1)NC1CCNC2(CCC2)C1. The summed E-state index contributed by atoms with van der Waals surface area (Å²) >= 11 is 0. The van der Waals surface area contributed by atoms with Crippen molar-refractivity contribution in [2.45, 2.75) is 62.9 Å². The molecule has 0 aromatic carbocycles. The van der Waals surface area contributed by atoms with Gasteiger partial charge in [0.25, 0.3) is 0 Å². The lowest BCUT2D eigenvalue weighted by molar-refractivity contribution is -0.122. The van der Waals surface area contributed by atoms with Gasteiger partial charge in [-0.25, -0.2) is 0 Å². The van der Waals surface area contributed by atoms with E-state index in [-0.39, 0.29) is 0 Å². The number of carbonyl (C=O) groups is 1. The lowest BCUT2D eigenvalue weighted by Crippen LogP contribution is -2.59. The van der Waals surface area contributed by atoms with Gasteiger partial charge in [0.15, 0.2) is 0 Å². The lowest BCUT2D eigenvalue weighted by Gasteiger charge is -2.48. The molecule has 1 aliphatic heterocycles. The van der Waals surface area contributed by atoms with Gasteiger partial charge in [0.1, 0.15) is 0 Å². The van der Waals surface area contributed by atoms with E-state index >= 15 is 0 Å². The minimum atomic E-state index is 0.295. The van der Waals surface area contributed by atoms with Crippen molar-refractivity contribution in [1.82, 2.24) is 10.6 Å². The average Bonchev–Trinajstić information content (AvgIpc) is 2.99. The third kappa shape index (κ3) is 2.24. The van der Waals surface area contributed by atoms with Gasteiger partial charge in [0.05, 0.1) is 0 Å². The number of carbonyl (C=O) groups excluding carboxylic acids is 1. The molecule has 3 aliphatic rings. The highest BCUT2D eigenvalue weighted by Gasteiger charge is 2.41. The van der Waals surface area contributed by atoms with Gasteiger partial charge in [-0.15, -0.1) is 0 Å². The Balaban J connectivity index is 1.48. The molecule has 1 amide bonds. The smallest absolute Gasteiger partial charge is 0.220 e. The normalized spacial score (nSPS) is 32.1. The Morgan fingerprint density at radius 1 is 1.31 bits per heavy atom. The first kappa shape index (κ1) is 10.6. The summed E-state index contributed by atoms with van der Waals surface area (Å²) in [4.78, 5) is 11.7. The molecule has 90 valence electrons. The van der Waals surface area contributed by atoms with Crippen LogP contribution in [0.1, 0.15) is 51.4 Å². The fourth-order valence-corrected chi connectivity index (χ4v) is 3.14. The van der Waals surface area contributed by atoms with Gasteiger partial charge in [0.2, 0.25) is 5.91 Å². The molecule has 1 atom stereocenters. The molecule has 3 fully saturated rings. The van der Waals surface area contributed by atoms with Crippen molar-refractivity contribution in [2.75, 3.05) is 6.54 Å². The molecule has 2 saturated carbocycles. The molecule has 3 rings (SSSR count). The van der Waals surface area contributed by atoms with Crippen LogP contribution in [0.4, 0.5) is 0 Å². The van der Waals surface area contributed by atoms with Crippen molar-refractivity contribution in [3.8, 4) is 0 Å². The van der Waals surface area contributed by atoms with Crippen LogP contribution < -0.4 is 10.6 Å². The number of hydrogen-bond donors (Lipinski definition) is 2. The summed E-state index contributed by atoms with van der Waals surface area (Å²) in [6.45, 7) is 1.08.